The van der Waals surface area contributed by atoms with E-state index in [0.29, 0.717) is 6.04 Å². The van der Waals surface area contributed by atoms with Crippen molar-refractivity contribution < 1.29 is 4.79 Å². The van der Waals surface area contributed by atoms with Gasteiger partial charge >= 0.3 is 6.03 Å². The normalized spacial score (nSPS) is 18.9. The smallest absolute Gasteiger partial charge is 0.322 e. The Balaban J connectivity index is 2.18. The molecule has 1 aromatic carbocycles. The number of benzene rings is 1. The summed E-state index contributed by atoms with van der Waals surface area (Å²) in [6, 6.07) is 6.70. The number of aryl methyl sites for hydroxylation is 2. The predicted molar refractivity (Wildman–Crippen MR) is 84.2 cm³/mol. The number of para-hydroxylation sites is 1. The molecular weight excluding hydrogens is 248 g/mol. The van der Waals surface area contributed by atoms with Crippen LogP contribution in [0.15, 0.2) is 18.2 Å². The minimum atomic E-state index is 0.0628. The Labute approximate surface area is 122 Å². The molecule has 2 rings (SSSR count). The number of nitrogens with zero attached hydrogens (tertiary/aromatic N) is 1. The highest BCUT2D eigenvalue weighted by molar-refractivity contribution is 5.91. The molecular formula is C17H26N2O. The van der Waals surface area contributed by atoms with Crippen LogP contribution < -0.4 is 5.32 Å². The van der Waals surface area contributed by atoms with Crippen LogP contribution in [0.5, 0.6) is 0 Å². The first kappa shape index (κ1) is 14.9. The van der Waals surface area contributed by atoms with E-state index in [1.165, 1.54) is 17.5 Å². The number of rotatable bonds is 3. The van der Waals surface area contributed by atoms with E-state index in [1.807, 2.05) is 4.90 Å². The molecule has 1 fully saturated rings. The van der Waals surface area contributed by atoms with Gasteiger partial charge in [-0.25, -0.2) is 4.79 Å². The Morgan fingerprint density at radius 3 is 2.45 bits per heavy atom. The molecule has 20 heavy (non-hydrogen) atoms. The summed E-state index contributed by atoms with van der Waals surface area (Å²) in [5.41, 5.74) is 3.48. The third-order valence-corrected chi connectivity index (χ3v) is 4.29. The number of carbonyl (C=O) groups is 1. The van der Waals surface area contributed by atoms with E-state index >= 15 is 0 Å². The van der Waals surface area contributed by atoms with E-state index in [4.69, 9.17) is 0 Å². The summed E-state index contributed by atoms with van der Waals surface area (Å²) in [6.45, 7) is 7.29. The maximum absolute atomic E-state index is 12.5. The lowest BCUT2D eigenvalue weighted by atomic mass is 10.0. The standard InChI is InChI=1S/C17H26N2O/c1-4-14-10-8-11-15(5-2)16(14)18-17(20)19-12-7-6-9-13(19)3/h8,10-11,13H,4-7,9,12H2,1-3H3,(H,18,20)/t13-/m0/s1. The number of carbonyl (C=O) groups excluding carboxylic acids is 1. The van der Waals surface area contributed by atoms with Crippen LogP contribution in [0.4, 0.5) is 10.5 Å². The van der Waals surface area contributed by atoms with E-state index < -0.39 is 0 Å². The third kappa shape index (κ3) is 3.14. The van der Waals surface area contributed by atoms with Gasteiger partial charge in [0.25, 0.3) is 0 Å². The maximum atomic E-state index is 12.5. The van der Waals surface area contributed by atoms with Gasteiger partial charge in [-0.3, -0.25) is 0 Å². The Morgan fingerprint density at radius 2 is 1.90 bits per heavy atom. The number of hydrogen-bond acceptors (Lipinski definition) is 1. The summed E-state index contributed by atoms with van der Waals surface area (Å²) in [6.07, 6.45) is 5.35. The van der Waals surface area contributed by atoms with E-state index in [0.717, 1.165) is 37.9 Å². The Hall–Kier alpha value is -1.51. The largest absolute Gasteiger partial charge is 0.322 e. The first-order valence-electron chi connectivity index (χ1n) is 7.85. The molecule has 1 saturated heterocycles. The van der Waals surface area contributed by atoms with Crippen LogP contribution in [0, 0.1) is 0 Å². The minimum Gasteiger partial charge on any atom is -0.322 e. The molecule has 0 saturated carbocycles. The number of hydrogen-bond donors (Lipinski definition) is 1. The van der Waals surface area contributed by atoms with Crippen LogP contribution in [0.3, 0.4) is 0 Å². The summed E-state index contributed by atoms with van der Waals surface area (Å²) in [7, 11) is 0. The maximum Gasteiger partial charge on any atom is 0.322 e. The number of nitrogens with one attached hydrogen (secondary N) is 1. The fraction of sp³-hybridized carbons (Fsp3) is 0.588. The number of urea groups is 1. The van der Waals surface area contributed by atoms with Crippen molar-refractivity contribution in [3.8, 4) is 0 Å². The molecule has 0 bridgehead atoms. The molecule has 3 nitrogen and oxygen atoms in total. The molecule has 1 atom stereocenters. The third-order valence-electron chi connectivity index (χ3n) is 4.29. The topological polar surface area (TPSA) is 32.3 Å². The molecule has 1 aromatic rings. The molecule has 0 unspecified atom stereocenters. The zero-order valence-corrected chi connectivity index (χ0v) is 12.9. The quantitative estimate of drug-likeness (QED) is 0.879. The second kappa shape index (κ2) is 6.78. The van der Waals surface area contributed by atoms with Gasteiger partial charge in [0.2, 0.25) is 0 Å². The molecule has 1 aliphatic rings. The number of likely N-dealkylation sites (tertiary alicyclic amines) is 1. The lowest BCUT2D eigenvalue weighted by Crippen LogP contribution is -2.44. The Bertz CT molecular complexity index is 448. The zero-order valence-electron chi connectivity index (χ0n) is 12.9. The van der Waals surface area contributed by atoms with Crippen LogP contribution >= 0.6 is 0 Å². The van der Waals surface area contributed by atoms with Crippen molar-refractivity contribution in [2.24, 2.45) is 0 Å². The molecule has 0 aliphatic carbocycles. The lowest BCUT2D eigenvalue weighted by molar-refractivity contribution is 0.170. The molecule has 0 radical (unpaired) electrons. The molecule has 1 aliphatic heterocycles. The monoisotopic (exact) mass is 274 g/mol. The van der Waals surface area contributed by atoms with E-state index in [2.05, 4.69) is 44.3 Å². The van der Waals surface area contributed by atoms with Gasteiger partial charge in [0.15, 0.2) is 0 Å². The van der Waals surface area contributed by atoms with Crippen LogP contribution in [-0.4, -0.2) is 23.5 Å². The summed E-state index contributed by atoms with van der Waals surface area (Å²) in [5, 5.41) is 3.17. The fourth-order valence-electron chi connectivity index (χ4n) is 2.98. The van der Waals surface area contributed by atoms with Crippen LogP contribution in [-0.2, 0) is 12.8 Å². The van der Waals surface area contributed by atoms with Crippen LogP contribution in [0.1, 0.15) is 51.2 Å². The van der Waals surface area contributed by atoms with Crippen molar-refractivity contribution in [2.75, 3.05) is 11.9 Å². The van der Waals surface area contributed by atoms with E-state index in [9.17, 15) is 4.79 Å². The van der Waals surface area contributed by atoms with Gasteiger partial charge in [0.1, 0.15) is 0 Å². The van der Waals surface area contributed by atoms with Gasteiger partial charge in [-0.15, -0.1) is 0 Å². The van der Waals surface area contributed by atoms with Crippen molar-refractivity contribution in [1.82, 2.24) is 4.90 Å². The second-order valence-corrected chi connectivity index (χ2v) is 5.63. The highest BCUT2D eigenvalue weighted by atomic mass is 16.2. The molecule has 110 valence electrons. The van der Waals surface area contributed by atoms with Crippen LogP contribution in [0.2, 0.25) is 0 Å². The van der Waals surface area contributed by atoms with Crippen LogP contribution in [0.25, 0.3) is 0 Å². The van der Waals surface area contributed by atoms with Crippen molar-refractivity contribution in [2.45, 2.75) is 58.9 Å². The molecule has 0 spiro atoms. The van der Waals surface area contributed by atoms with Crippen molar-refractivity contribution in [3.63, 3.8) is 0 Å². The highest BCUT2D eigenvalue weighted by Gasteiger charge is 2.24. The summed E-state index contributed by atoms with van der Waals surface area (Å²) in [4.78, 5) is 14.5. The van der Waals surface area contributed by atoms with Gasteiger partial charge in [-0.1, -0.05) is 32.0 Å². The van der Waals surface area contributed by atoms with Gasteiger partial charge in [-0.2, -0.15) is 0 Å². The van der Waals surface area contributed by atoms with E-state index in [1.54, 1.807) is 0 Å². The lowest BCUT2D eigenvalue weighted by Gasteiger charge is -2.33. The Kier molecular flexibility index (Phi) is 5.05. The van der Waals surface area contributed by atoms with Gasteiger partial charge in [0.05, 0.1) is 0 Å². The molecule has 1 heterocycles. The SMILES string of the molecule is CCc1cccc(CC)c1NC(=O)N1CCCC[C@@H]1C. The first-order chi connectivity index (χ1) is 9.67. The fourth-order valence-corrected chi connectivity index (χ4v) is 2.98. The summed E-state index contributed by atoms with van der Waals surface area (Å²) >= 11 is 0. The summed E-state index contributed by atoms with van der Waals surface area (Å²) in [5.74, 6) is 0. The van der Waals surface area contributed by atoms with Gasteiger partial charge in [0, 0.05) is 18.3 Å². The average molecular weight is 274 g/mol. The van der Waals surface area contributed by atoms with Gasteiger partial charge < -0.3 is 10.2 Å². The van der Waals surface area contributed by atoms with Gasteiger partial charge in [-0.05, 0) is 50.2 Å². The average Bonchev–Trinajstić information content (AvgIpc) is 2.47. The van der Waals surface area contributed by atoms with E-state index in [-0.39, 0.29) is 6.03 Å². The van der Waals surface area contributed by atoms with Crippen molar-refractivity contribution in [1.29, 1.82) is 0 Å². The summed E-state index contributed by atoms with van der Waals surface area (Å²) < 4.78 is 0. The molecule has 0 aromatic heterocycles. The molecule has 2 amide bonds. The first-order valence-corrected chi connectivity index (χ1v) is 7.85. The second-order valence-electron chi connectivity index (χ2n) is 5.63. The minimum absolute atomic E-state index is 0.0628. The van der Waals surface area contributed by atoms with Crippen molar-refractivity contribution in [3.05, 3.63) is 29.3 Å². The number of piperidine rings is 1. The molecule has 3 heteroatoms. The Morgan fingerprint density at radius 1 is 1.25 bits per heavy atom. The van der Waals surface area contributed by atoms with Crippen molar-refractivity contribution >= 4 is 11.7 Å². The predicted octanol–water partition coefficient (Wildman–Crippen LogP) is 4.22. The molecule has 1 N–H and O–H groups in total. The number of anilines is 1. The highest BCUT2D eigenvalue weighted by Crippen LogP contribution is 2.24. The zero-order chi connectivity index (χ0) is 14.5. The number of amides is 2.